The van der Waals surface area contributed by atoms with Crippen LogP contribution >= 0.6 is 23.1 Å². The summed E-state index contributed by atoms with van der Waals surface area (Å²) in [5.74, 6) is 1.90. The third-order valence-corrected chi connectivity index (χ3v) is 6.19. The predicted octanol–water partition coefficient (Wildman–Crippen LogP) is 5.81. The second kappa shape index (κ2) is 7.11. The molecule has 3 nitrogen and oxygen atoms in total. The molecule has 1 aromatic carbocycles. The SMILES string of the molecule is Cc1cccc(CSc2nnc(-c3csc(C)c3C)n2C(C)C)c1. The average Bonchev–Trinajstić information content (AvgIpc) is 3.10. The fourth-order valence-corrected chi connectivity index (χ4v) is 4.58. The molecule has 0 atom stereocenters. The van der Waals surface area contributed by atoms with Gasteiger partial charge in [-0.05, 0) is 45.7 Å². The van der Waals surface area contributed by atoms with Crippen LogP contribution in [0.3, 0.4) is 0 Å². The number of aromatic nitrogens is 3. The molecule has 126 valence electrons. The number of hydrogen-bond donors (Lipinski definition) is 0. The summed E-state index contributed by atoms with van der Waals surface area (Å²) in [7, 11) is 0. The van der Waals surface area contributed by atoms with Crippen molar-refractivity contribution < 1.29 is 0 Å². The molecule has 3 aromatic rings. The van der Waals surface area contributed by atoms with E-state index >= 15 is 0 Å². The third kappa shape index (κ3) is 3.42. The Labute approximate surface area is 152 Å². The summed E-state index contributed by atoms with van der Waals surface area (Å²) in [6.45, 7) is 10.8. The Morgan fingerprint density at radius 1 is 1.17 bits per heavy atom. The van der Waals surface area contributed by atoms with Crippen LogP contribution in [0.5, 0.6) is 0 Å². The second-order valence-corrected chi connectivity index (χ2v) is 8.40. The van der Waals surface area contributed by atoms with Gasteiger partial charge in [-0.2, -0.15) is 0 Å². The molecular weight excluding hydrogens is 334 g/mol. The first-order valence-corrected chi connectivity index (χ1v) is 10.0. The molecule has 0 bridgehead atoms. The van der Waals surface area contributed by atoms with Gasteiger partial charge in [0.05, 0.1) is 0 Å². The Morgan fingerprint density at radius 3 is 2.58 bits per heavy atom. The number of thiophene rings is 1. The van der Waals surface area contributed by atoms with Crippen LogP contribution in [0.25, 0.3) is 11.4 Å². The maximum Gasteiger partial charge on any atom is 0.192 e. The second-order valence-electron chi connectivity index (χ2n) is 6.38. The monoisotopic (exact) mass is 357 g/mol. The van der Waals surface area contributed by atoms with Crippen molar-refractivity contribution in [3.63, 3.8) is 0 Å². The minimum absolute atomic E-state index is 0.328. The van der Waals surface area contributed by atoms with Crippen molar-refractivity contribution in [3.8, 4) is 11.4 Å². The topological polar surface area (TPSA) is 30.7 Å². The van der Waals surface area contributed by atoms with Gasteiger partial charge in [0.15, 0.2) is 11.0 Å². The smallest absolute Gasteiger partial charge is 0.192 e. The summed E-state index contributed by atoms with van der Waals surface area (Å²) in [6.07, 6.45) is 0. The maximum atomic E-state index is 4.51. The van der Waals surface area contributed by atoms with Gasteiger partial charge in [-0.25, -0.2) is 0 Å². The van der Waals surface area contributed by atoms with Crippen LogP contribution in [0.15, 0.2) is 34.8 Å². The molecule has 5 heteroatoms. The first-order chi connectivity index (χ1) is 11.5. The van der Waals surface area contributed by atoms with E-state index in [1.165, 1.54) is 27.1 Å². The predicted molar refractivity (Wildman–Crippen MR) is 104 cm³/mol. The number of rotatable bonds is 5. The lowest BCUT2D eigenvalue weighted by Gasteiger charge is -2.14. The fourth-order valence-electron chi connectivity index (χ4n) is 2.71. The number of thioether (sulfide) groups is 1. The van der Waals surface area contributed by atoms with E-state index in [0.717, 1.165) is 16.7 Å². The van der Waals surface area contributed by atoms with E-state index in [-0.39, 0.29) is 0 Å². The number of benzene rings is 1. The quantitative estimate of drug-likeness (QED) is 0.540. The Kier molecular flexibility index (Phi) is 5.11. The lowest BCUT2D eigenvalue weighted by molar-refractivity contribution is 0.555. The lowest BCUT2D eigenvalue weighted by Crippen LogP contribution is -2.05. The summed E-state index contributed by atoms with van der Waals surface area (Å²) >= 11 is 3.54. The highest BCUT2D eigenvalue weighted by atomic mass is 32.2. The van der Waals surface area contributed by atoms with Crippen LogP contribution in [-0.2, 0) is 5.75 Å². The van der Waals surface area contributed by atoms with Crippen LogP contribution in [0.1, 0.15) is 41.5 Å². The van der Waals surface area contributed by atoms with Crippen LogP contribution in [0, 0.1) is 20.8 Å². The third-order valence-electron chi connectivity index (χ3n) is 4.16. The van der Waals surface area contributed by atoms with E-state index in [1.807, 2.05) is 0 Å². The van der Waals surface area contributed by atoms with E-state index in [2.05, 4.69) is 79.0 Å². The van der Waals surface area contributed by atoms with Crippen molar-refractivity contribution in [2.45, 2.75) is 51.6 Å². The van der Waals surface area contributed by atoms with Crippen molar-refractivity contribution in [2.75, 3.05) is 0 Å². The van der Waals surface area contributed by atoms with Gasteiger partial charge in [0.1, 0.15) is 0 Å². The van der Waals surface area contributed by atoms with E-state index < -0.39 is 0 Å². The Morgan fingerprint density at radius 2 is 1.96 bits per heavy atom. The highest BCUT2D eigenvalue weighted by molar-refractivity contribution is 7.98. The summed E-state index contributed by atoms with van der Waals surface area (Å²) in [4.78, 5) is 1.34. The van der Waals surface area contributed by atoms with Crippen molar-refractivity contribution in [1.29, 1.82) is 0 Å². The summed E-state index contributed by atoms with van der Waals surface area (Å²) in [6, 6.07) is 8.97. The summed E-state index contributed by atoms with van der Waals surface area (Å²) in [5, 5.41) is 12.2. The van der Waals surface area contributed by atoms with Crippen molar-refractivity contribution in [1.82, 2.24) is 14.8 Å². The Balaban J connectivity index is 1.90. The minimum atomic E-state index is 0.328. The molecule has 0 radical (unpaired) electrons. The van der Waals surface area contributed by atoms with E-state index in [4.69, 9.17) is 0 Å². The molecule has 0 amide bonds. The van der Waals surface area contributed by atoms with Crippen LogP contribution in [0.4, 0.5) is 0 Å². The van der Waals surface area contributed by atoms with Gasteiger partial charge in [0.2, 0.25) is 0 Å². The molecule has 0 aliphatic heterocycles. The summed E-state index contributed by atoms with van der Waals surface area (Å²) < 4.78 is 2.26. The van der Waals surface area contributed by atoms with Gasteiger partial charge in [0.25, 0.3) is 0 Å². The fraction of sp³-hybridized carbons (Fsp3) is 0.368. The van der Waals surface area contributed by atoms with Crippen LogP contribution in [0.2, 0.25) is 0 Å². The molecule has 0 unspecified atom stereocenters. The first-order valence-electron chi connectivity index (χ1n) is 8.15. The van der Waals surface area contributed by atoms with Gasteiger partial charge in [-0.1, -0.05) is 41.6 Å². The van der Waals surface area contributed by atoms with Gasteiger partial charge < -0.3 is 0 Å². The molecular formula is C19H23N3S2. The molecule has 0 N–H and O–H groups in total. The minimum Gasteiger partial charge on any atom is -0.299 e. The molecule has 24 heavy (non-hydrogen) atoms. The van der Waals surface area contributed by atoms with Crippen molar-refractivity contribution in [2.24, 2.45) is 0 Å². The van der Waals surface area contributed by atoms with E-state index in [0.29, 0.717) is 6.04 Å². The normalized spacial score (nSPS) is 11.4. The average molecular weight is 358 g/mol. The zero-order chi connectivity index (χ0) is 17.3. The molecule has 0 saturated carbocycles. The van der Waals surface area contributed by atoms with Crippen LogP contribution < -0.4 is 0 Å². The Hall–Kier alpha value is -1.59. The van der Waals surface area contributed by atoms with Crippen LogP contribution in [-0.4, -0.2) is 14.8 Å². The highest BCUT2D eigenvalue weighted by Crippen LogP contribution is 2.34. The van der Waals surface area contributed by atoms with Gasteiger partial charge in [0, 0.05) is 27.6 Å². The lowest BCUT2D eigenvalue weighted by atomic mass is 10.1. The number of nitrogens with zero attached hydrogens (tertiary/aromatic N) is 3. The number of hydrogen-bond acceptors (Lipinski definition) is 4. The van der Waals surface area contributed by atoms with Crippen molar-refractivity contribution >= 4 is 23.1 Å². The highest BCUT2D eigenvalue weighted by Gasteiger charge is 2.19. The standard InChI is InChI=1S/C19H23N3S2/c1-12(2)22-18(17-11-23-15(5)14(17)4)20-21-19(22)24-10-16-8-6-7-13(3)9-16/h6-9,11-12H,10H2,1-5H3. The molecule has 2 heterocycles. The zero-order valence-corrected chi connectivity index (χ0v) is 16.5. The van der Waals surface area contributed by atoms with E-state index in [1.54, 1.807) is 23.1 Å². The number of aryl methyl sites for hydroxylation is 2. The van der Waals surface area contributed by atoms with Gasteiger partial charge in [-0.3, -0.25) is 4.57 Å². The van der Waals surface area contributed by atoms with Gasteiger partial charge >= 0.3 is 0 Å². The Bertz CT molecular complexity index is 846. The van der Waals surface area contributed by atoms with Gasteiger partial charge in [-0.15, -0.1) is 21.5 Å². The van der Waals surface area contributed by atoms with Crippen molar-refractivity contribution in [3.05, 3.63) is 51.2 Å². The molecule has 0 spiro atoms. The van der Waals surface area contributed by atoms with E-state index in [9.17, 15) is 0 Å². The molecule has 0 fully saturated rings. The largest absolute Gasteiger partial charge is 0.299 e. The zero-order valence-electron chi connectivity index (χ0n) is 14.8. The molecule has 0 aliphatic rings. The maximum absolute atomic E-state index is 4.51. The molecule has 0 saturated heterocycles. The molecule has 2 aromatic heterocycles. The molecule has 3 rings (SSSR count). The summed E-state index contributed by atoms with van der Waals surface area (Å²) in [5.41, 5.74) is 5.14. The molecule has 0 aliphatic carbocycles. The first kappa shape index (κ1) is 17.2.